The fraction of sp³-hybridized carbons (Fsp3) is 0.0556. The highest BCUT2D eigenvalue weighted by Crippen LogP contribution is 2.28. The molecule has 0 aliphatic rings. The largest absolute Gasteiger partial charge is 0.350 e. The summed E-state index contributed by atoms with van der Waals surface area (Å²) in [5.41, 5.74) is 11.6. The molecule has 3 rings (SSSR count). The molecule has 0 atom stereocenters. The van der Waals surface area contributed by atoms with Crippen molar-refractivity contribution in [2.75, 3.05) is 5.32 Å². The molecule has 0 radical (unpaired) electrons. The van der Waals surface area contributed by atoms with Gasteiger partial charge in [0.2, 0.25) is 0 Å². The molecule has 132 valence electrons. The van der Waals surface area contributed by atoms with Crippen molar-refractivity contribution >= 4 is 45.5 Å². The van der Waals surface area contributed by atoms with Gasteiger partial charge in [0.15, 0.2) is 5.13 Å². The number of nitrogens with one attached hydrogen (secondary N) is 2. The maximum absolute atomic E-state index is 10.7. The number of aromatic nitrogens is 1. The number of carbonyl (C=O) groups excluding carboxylic acids is 1. The van der Waals surface area contributed by atoms with Crippen LogP contribution < -0.4 is 16.5 Å². The molecule has 0 unspecified atom stereocenters. The Kier molecular flexibility index (Phi) is 5.50. The van der Waals surface area contributed by atoms with Crippen LogP contribution in [0.3, 0.4) is 0 Å². The van der Waals surface area contributed by atoms with E-state index in [1.807, 2.05) is 53.9 Å². The third-order valence-corrected chi connectivity index (χ3v) is 4.54. The van der Waals surface area contributed by atoms with E-state index in [2.05, 4.69) is 20.8 Å². The first-order chi connectivity index (χ1) is 12.5. The Morgan fingerprint density at radius 1 is 1.15 bits per heavy atom. The Labute approximate surface area is 159 Å². The number of benzene rings is 2. The van der Waals surface area contributed by atoms with Crippen LogP contribution in [0, 0.1) is 0 Å². The summed E-state index contributed by atoms with van der Waals surface area (Å²) in [6.07, 6.45) is 0. The van der Waals surface area contributed by atoms with E-state index in [-0.39, 0.29) is 0 Å². The molecule has 0 aliphatic carbocycles. The molecule has 4 N–H and O–H groups in total. The predicted octanol–water partition coefficient (Wildman–Crippen LogP) is 4.60. The summed E-state index contributed by atoms with van der Waals surface area (Å²) in [4.78, 5) is 15.3. The highest BCUT2D eigenvalue weighted by Gasteiger charge is 2.06. The van der Waals surface area contributed by atoms with Crippen LogP contribution in [0.25, 0.3) is 11.3 Å². The minimum absolute atomic E-state index is 0.662. The number of rotatable bonds is 5. The number of nitrogens with two attached hydrogens (primary N) is 1. The molecule has 0 spiro atoms. The summed E-state index contributed by atoms with van der Waals surface area (Å²) in [6.45, 7) is 1.79. The maximum Gasteiger partial charge on any atom is 0.332 e. The van der Waals surface area contributed by atoms with Crippen molar-refractivity contribution in [3.63, 3.8) is 0 Å². The minimum Gasteiger partial charge on any atom is -0.350 e. The Balaban J connectivity index is 1.69. The minimum atomic E-state index is -0.692. The van der Waals surface area contributed by atoms with Crippen LogP contribution >= 0.6 is 22.9 Å². The van der Waals surface area contributed by atoms with Gasteiger partial charge in [-0.2, -0.15) is 5.10 Å². The third kappa shape index (κ3) is 4.59. The SMILES string of the molecule is C/C(=N\NC(N)=O)c1ccc(Nc2nc(-c3ccc(Cl)cc3)cs2)cc1. The molecule has 3 aromatic rings. The van der Waals surface area contributed by atoms with Gasteiger partial charge in [-0.3, -0.25) is 0 Å². The van der Waals surface area contributed by atoms with Gasteiger partial charge in [-0.15, -0.1) is 11.3 Å². The maximum atomic E-state index is 10.7. The highest BCUT2D eigenvalue weighted by atomic mass is 35.5. The van der Waals surface area contributed by atoms with Crippen molar-refractivity contribution in [1.82, 2.24) is 10.4 Å². The van der Waals surface area contributed by atoms with E-state index in [4.69, 9.17) is 17.3 Å². The van der Waals surface area contributed by atoms with E-state index >= 15 is 0 Å². The van der Waals surface area contributed by atoms with Gasteiger partial charge in [-0.25, -0.2) is 15.2 Å². The summed E-state index contributed by atoms with van der Waals surface area (Å²) in [5.74, 6) is 0. The lowest BCUT2D eigenvalue weighted by Gasteiger charge is -2.05. The standard InChI is InChI=1S/C18H16ClN5OS/c1-11(23-24-17(20)25)12-4-8-15(9-5-12)21-18-22-16(10-26-18)13-2-6-14(19)7-3-13/h2-10H,1H3,(H,21,22)(H3,20,24,25)/b23-11+. The van der Waals surface area contributed by atoms with Crippen molar-refractivity contribution < 1.29 is 4.79 Å². The topological polar surface area (TPSA) is 92.4 Å². The number of primary amides is 1. The average Bonchev–Trinajstić information content (AvgIpc) is 3.09. The van der Waals surface area contributed by atoms with Crippen LogP contribution in [-0.2, 0) is 0 Å². The van der Waals surface area contributed by atoms with E-state index in [1.54, 1.807) is 6.92 Å². The van der Waals surface area contributed by atoms with Crippen LogP contribution in [0.5, 0.6) is 0 Å². The van der Waals surface area contributed by atoms with E-state index in [0.29, 0.717) is 10.7 Å². The number of hydrogen-bond acceptors (Lipinski definition) is 5. The second-order valence-electron chi connectivity index (χ2n) is 5.42. The number of hydrogen-bond donors (Lipinski definition) is 3. The van der Waals surface area contributed by atoms with Crippen molar-refractivity contribution in [1.29, 1.82) is 0 Å². The first-order valence-corrected chi connectivity index (χ1v) is 8.96. The van der Waals surface area contributed by atoms with Gasteiger partial charge in [0.1, 0.15) is 0 Å². The zero-order valence-electron chi connectivity index (χ0n) is 13.9. The first-order valence-electron chi connectivity index (χ1n) is 7.70. The highest BCUT2D eigenvalue weighted by molar-refractivity contribution is 7.14. The normalized spacial score (nSPS) is 11.2. The molecule has 6 nitrogen and oxygen atoms in total. The average molecular weight is 386 g/mol. The van der Waals surface area contributed by atoms with Crippen LogP contribution in [0.15, 0.2) is 59.0 Å². The summed E-state index contributed by atoms with van der Waals surface area (Å²) in [7, 11) is 0. The number of nitrogens with zero attached hydrogens (tertiary/aromatic N) is 2. The summed E-state index contributed by atoms with van der Waals surface area (Å²) in [6, 6.07) is 14.5. The molecule has 8 heteroatoms. The summed E-state index contributed by atoms with van der Waals surface area (Å²) < 4.78 is 0. The molecular weight excluding hydrogens is 370 g/mol. The Hall–Kier alpha value is -2.90. The second-order valence-corrected chi connectivity index (χ2v) is 6.71. The smallest absolute Gasteiger partial charge is 0.332 e. The van der Waals surface area contributed by atoms with Gasteiger partial charge in [0.25, 0.3) is 0 Å². The summed E-state index contributed by atoms with van der Waals surface area (Å²) in [5, 5.41) is 10.7. The van der Waals surface area contributed by atoms with Gasteiger partial charge < -0.3 is 11.1 Å². The number of carbonyl (C=O) groups is 1. The van der Waals surface area contributed by atoms with Crippen LogP contribution in [0.4, 0.5) is 15.6 Å². The molecule has 0 aliphatic heterocycles. The first kappa shape index (κ1) is 17.9. The number of urea groups is 1. The summed E-state index contributed by atoms with van der Waals surface area (Å²) >= 11 is 7.44. The Morgan fingerprint density at radius 2 is 1.85 bits per heavy atom. The van der Waals surface area contributed by atoms with Gasteiger partial charge >= 0.3 is 6.03 Å². The number of amides is 2. The van der Waals surface area contributed by atoms with E-state index < -0.39 is 6.03 Å². The zero-order valence-corrected chi connectivity index (χ0v) is 15.4. The molecule has 0 fully saturated rings. The molecule has 0 saturated heterocycles. The van der Waals surface area contributed by atoms with Crippen LogP contribution in [0.2, 0.25) is 5.02 Å². The quantitative estimate of drug-likeness (QED) is 0.442. The van der Waals surface area contributed by atoms with Gasteiger partial charge in [-0.05, 0) is 36.8 Å². The lowest BCUT2D eigenvalue weighted by atomic mass is 10.1. The molecule has 2 amide bonds. The Bertz CT molecular complexity index is 935. The fourth-order valence-electron chi connectivity index (χ4n) is 2.21. The van der Waals surface area contributed by atoms with Gasteiger partial charge in [-0.1, -0.05) is 35.9 Å². The molecule has 0 saturated carbocycles. The lowest BCUT2D eigenvalue weighted by molar-refractivity contribution is 0.249. The van der Waals surface area contributed by atoms with Crippen molar-refractivity contribution in [3.05, 3.63) is 64.5 Å². The number of hydrazone groups is 1. The van der Waals surface area contributed by atoms with Crippen LogP contribution in [-0.4, -0.2) is 16.7 Å². The van der Waals surface area contributed by atoms with Crippen molar-refractivity contribution in [3.8, 4) is 11.3 Å². The molecule has 2 aromatic carbocycles. The third-order valence-electron chi connectivity index (χ3n) is 3.53. The molecule has 26 heavy (non-hydrogen) atoms. The number of halogens is 1. The second kappa shape index (κ2) is 7.99. The fourth-order valence-corrected chi connectivity index (χ4v) is 3.07. The van der Waals surface area contributed by atoms with Gasteiger partial charge in [0, 0.05) is 21.7 Å². The predicted molar refractivity (Wildman–Crippen MR) is 107 cm³/mol. The lowest BCUT2D eigenvalue weighted by Crippen LogP contribution is -2.25. The van der Waals surface area contributed by atoms with Crippen molar-refractivity contribution in [2.24, 2.45) is 10.8 Å². The van der Waals surface area contributed by atoms with Crippen molar-refractivity contribution in [2.45, 2.75) is 6.92 Å². The number of thiazole rings is 1. The monoisotopic (exact) mass is 385 g/mol. The molecular formula is C18H16ClN5OS. The van der Waals surface area contributed by atoms with E-state index in [0.717, 1.165) is 27.6 Å². The Morgan fingerprint density at radius 3 is 2.50 bits per heavy atom. The molecule has 0 bridgehead atoms. The van der Waals surface area contributed by atoms with E-state index in [9.17, 15) is 4.79 Å². The van der Waals surface area contributed by atoms with E-state index in [1.165, 1.54) is 11.3 Å². The molecule has 1 aromatic heterocycles. The molecule has 1 heterocycles. The zero-order chi connectivity index (χ0) is 18.5. The number of anilines is 2. The van der Waals surface area contributed by atoms with Gasteiger partial charge in [0.05, 0.1) is 11.4 Å². The van der Waals surface area contributed by atoms with Crippen LogP contribution in [0.1, 0.15) is 12.5 Å².